The van der Waals surface area contributed by atoms with Crippen LogP contribution in [0.25, 0.3) is 0 Å². The van der Waals surface area contributed by atoms with Gasteiger partial charge in [0.15, 0.2) is 0 Å². The van der Waals surface area contributed by atoms with Crippen molar-refractivity contribution < 1.29 is 23.5 Å². The molecule has 0 saturated carbocycles. The number of pyridine rings is 1. The first kappa shape index (κ1) is 18.2. The average molecular weight is 377 g/mol. The molecule has 27 heavy (non-hydrogen) atoms. The second kappa shape index (κ2) is 7.80. The Morgan fingerprint density at radius 1 is 1.22 bits per heavy atom. The minimum atomic E-state index is -0.587. The summed E-state index contributed by atoms with van der Waals surface area (Å²) in [5.41, 5.74) is 0. The third-order valence-corrected chi connectivity index (χ3v) is 5.57. The summed E-state index contributed by atoms with van der Waals surface area (Å²) in [6.45, 7) is 2.87. The van der Waals surface area contributed by atoms with Crippen LogP contribution < -0.4 is 4.74 Å². The molecule has 3 aliphatic rings. The lowest BCUT2D eigenvalue weighted by Gasteiger charge is -2.31. The maximum Gasteiger partial charge on any atom is 0.228 e. The van der Waals surface area contributed by atoms with Crippen molar-refractivity contribution in [3.05, 3.63) is 24.1 Å². The Balaban J connectivity index is 1.31. The van der Waals surface area contributed by atoms with Crippen LogP contribution in [-0.4, -0.2) is 71.6 Å². The minimum absolute atomic E-state index is 0.0104. The van der Waals surface area contributed by atoms with Gasteiger partial charge in [0, 0.05) is 51.3 Å². The first-order valence-corrected chi connectivity index (χ1v) is 9.55. The van der Waals surface area contributed by atoms with E-state index in [2.05, 4.69) is 4.98 Å². The minimum Gasteiger partial charge on any atom is -0.472 e. The van der Waals surface area contributed by atoms with E-state index < -0.39 is 5.95 Å². The number of aromatic nitrogens is 1. The van der Waals surface area contributed by atoms with Gasteiger partial charge in [-0.1, -0.05) is 6.07 Å². The highest BCUT2D eigenvalue weighted by atomic mass is 19.1. The Morgan fingerprint density at radius 3 is 2.81 bits per heavy atom. The number of carbonyl (C=O) groups excluding carboxylic acids is 2. The molecular formula is C19H24FN3O4. The zero-order valence-corrected chi connectivity index (χ0v) is 15.2. The van der Waals surface area contributed by atoms with E-state index in [-0.39, 0.29) is 42.2 Å². The number of halogens is 1. The fourth-order valence-corrected chi connectivity index (χ4v) is 4.16. The normalized spacial score (nSPS) is 26.6. The van der Waals surface area contributed by atoms with Crippen molar-refractivity contribution in [2.75, 3.05) is 32.8 Å². The van der Waals surface area contributed by atoms with Crippen molar-refractivity contribution in [2.45, 2.75) is 37.8 Å². The predicted molar refractivity (Wildman–Crippen MR) is 93.5 cm³/mol. The first-order chi connectivity index (χ1) is 13.1. The van der Waals surface area contributed by atoms with Crippen LogP contribution in [0.2, 0.25) is 0 Å². The molecule has 3 aliphatic heterocycles. The van der Waals surface area contributed by atoms with E-state index in [1.54, 1.807) is 17.0 Å². The molecule has 146 valence electrons. The summed E-state index contributed by atoms with van der Waals surface area (Å²) in [5, 5.41) is 0. The van der Waals surface area contributed by atoms with Gasteiger partial charge in [-0.3, -0.25) is 9.59 Å². The van der Waals surface area contributed by atoms with Crippen molar-refractivity contribution >= 4 is 11.8 Å². The molecule has 8 heteroatoms. The van der Waals surface area contributed by atoms with Gasteiger partial charge in [-0.25, -0.2) is 0 Å². The molecule has 4 rings (SSSR count). The smallest absolute Gasteiger partial charge is 0.228 e. The lowest BCUT2D eigenvalue weighted by atomic mass is 10.1. The summed E-state index contributed by atoms with van der Waals surface area (Å²) in [6, 6.07) is 4.61. The quantitative estimate of drug-likeness (QED) is 0.738. The van der Waals surface area contributed by atoms with Crippen molar-refractivity contribution in [3.8, 4) is 5.88 Å². The van der Waals surface area contributed by atoms with Gasteiger partial charge in [-0.2, -0.15) is 9.37 Å². The first-order valence-electron chi connectivity index (χ1n) is 9.55. The second-order valence-electron chi connectivity index (χ2n) is 7.40. The molecule has 0 radical (unpaired) electrons. The molecule has 2 amide bonds. The molecule has 7 nitrogen and oxygen atoms in total. The summed E-state index contributed by atoms with van der Waals surface area (Å²) < 4.78 is 24.2. The molecule has 1 aromatic heterocycles. The zero-order valence-electron chi connectivity index (χ0n) is 15.2. The summed E-state index contributed by atoms with van der Waals surface area (Å²) in [5.74, 6) is -0.564. The van der Waals surface area contributed by atoms with E-state index in [9.17, 15) is 14.0 Å². The number of hydrogen-bond donors (Lipinski definition) is 0. The zero-order chi connectivity index (χ0) is 18.8. The topological polar surface area (TPSA) is 72.0 Å². The number of rotatable bonds is 4. The van der Waals surface area contributed by atoms with Crippen LogP contribution in [0.1, 0.15) is 25.7 Å². The Hall–Kier alpha value is -2.22. The van der Waals surface area contributed by atoms with Crippen LogP contribution in [-0.2, 0) is 14.3 Å². The van der Waals surface area contributed by atoms with Gasteiger partial charge < -0.3 is 19.3 Å². The lowest BCUT2D eigenvalue weighted by Crippen LogP contribution is -2.42. The van der Waals surface area contributed by atoms with Crippen molar-refractivity contribution in [1.82, 2.24) is 14.8 Å². The third kappa shape index (κ3) is 4.05. The molecule has 3 fully saturated rings. The Kier molecular flexibility index (Phi) is 5.24. The third-order valence-electron chi connectivity index (χ3n) is 5.57. The van der Waals surface area contributed by atoms with Gasteiger partial charge in [0.25, 0.3) is 0 Å². The molecule has 3 saturated heterocycles. The van der Waals surface area contributed by atoms with Crippen LogP contribution in [0.15, 0.2) is 18.2 Å². The number of nitrogens with zero attached hydrogens (tertiary/aromatic N) is 3. The number of ether oxygens (including phenoxy) is 2. The summed E-state index contributed by atoms with van der Waals surface area (Å²) in [6.07, 6.45) is 2.43. The molecule has 0 aromatic carbocycles. The Labute approximate surface area is 157 Å². The van der Waals surface area contributed by atoms with Crippen molar-refractivity contribution in [3.63, 3.8) is 0 Å². The summed E-state index contributed by atoms with van der Waals surface area (Å²) in [7, 11) is 0. The van der Waals surface area contributed by atoms with E-state index in [0.29, 0.717) is 39.3 Å². The molecule has 2 atom stereocenters. The summed E-state index contributed by atoms with van der Waals surface area (Å²) >= 11 is 0. The van der Waals surface area contributed by atoms with E-state index in [0.717, 1.165) is 12.8 Å². The van der Waals surface area contributed by atoms with Crippen LogP contribution in [0.5, 0.6) is 5.88 Å². The standard InChI is InChI=1S/C19H24FN3O4/c20-16-2-1-3-17(21-16)27-15-4-7-22(12-15)19(25)13-10-18(24)23(11-13)14-5-8-26-9-6-14/h1-3,13-15H,4-12H2. The summed E-state index contributed by atoms with van der Waals surface area (Å²) in [4.78, 5) is 32.6. The van der Waals surface area contributed by atoms with E-state index in [4.69, 9.17) is 9.47 Å². The van der Waals surface area contributed by atoms with Crippen molar-refractivity contribution in [2.24, 2.45) is 5.92 Å². The SMILES string of the molecule is O=C(C1CC(=O)N(C2CCOCC2)C1)N1CCC(Oc2cccc(F)n2)C1. The van der Waals surface area contributed by atoms with Gasteiger partial charge in [-0.15, -0.1) is 0 Å². The van der Waals surface area contributed by atoms with Crippen molar-refractivity contribution in [1.29, 1.82) is 0 Å². The van der Waals surface area contributed by atoms with Crippen LogP contribution in [0.4, 0.5) is 4.39 Å². The van der Waals surface area contributed by atoms with Crippen LogP contribution in [0.3, 0.4) is 0 Å². The Morgan fingerprint density at radius 2 is 2.04 bits per heavy atom. The Bertz CT molecular complexity index is 710. The van der Waals surface area contributed by atoms with Crippen LogP contribution >= 0.6 is 0 Å². The number of carbonyl (C=O) groups is 2. The second-order valence-corrected chi connectivity index (χ2v) is 7.40. The highest BCUT2D eigenvalue weighted by molar-refractivity contribution is 5.89. The molecule has 4 heterocycles. The fraction of sp³-hybridized carbons (Fsp3) is 0.632. The molecular weight excluding hydrogens is 353 g/mol. The largest absolute Gasteiger partial charge is 0.472 e. The van der Waals surface area contributed by atoms with Gasteiger partial charge in [0.2, 0.25) is 23.6 Å². The molecule has 2 unspecified atom stereocenters. The van der Waals surface area contributed by atoms with E-state index in [1.807, 2.05) is 4.90 Å². The fourth-order valence-electron chi connectivity index (χ4n) is 4.16. The lowest BCUT2D eigenvalue weighted by molar-refractivity contribution is -0.135. The van der Waals surface area contributed by atoms with Gasteiger partial charge in [0.05, 0.1) is 12.5 Å². The number of amides is 2. The molecule has 0 spiro atoms. The predicted octanol–water partition coefficient (Wildman–Crippen LogP) is 1.23. The monoisotopic (exact) mass is 377 g/mol. The van der Waals surface area contributed by atoms with Gasteiger partial charge >= 0.3 is 0 Å². The van der Waals surface area contributed by atoms with Gasteiger partial charge in [0.1, 0.15) is 6.10 Å². The maximum atomic E-state index is 13.2. The molecule has 0 aliphatic carbocycles. The van der Waals surface area contributed by atoms with Crippen LogP contribution in [0, 0.1) is 11.9 Å². The number of hydrogen-bond acceptors (Lipinski definition) is 5. The van der Waals surface area contributed by atoms with E-state index in [1.165, 1.54) is 6.07 Å². The highest BCUT2D eigenvalue weighted by Gasteiger charge is 2.41. The highest BCUT2D eigenvalue weighted by Crippen LogP contribution is 2.27. The van der Waals surface area contributed by atoms with E-state index >= 15 is 0 Å². The molecule has 0 N–H and O–H groups in total. The maximum absolute atomic E-state index is 13.2. The average Bonchev–Trinajstić information content (AvgIpc) is 3.29. The molecule has 0 bridgehead atoms. The number of likely N-dealkylation sites (tertiary alicyclic amines) is 2. The molecule has 1 aromatic rings. The van der Waals surface area contributed by atoms with Gasteiger partial charge in [-0.05, 0) is 18.9 Å².